The summed E-state index contributed by atoms with van der Waals surface area (Å²) >= 11 is 0. The highest BCUT2D eigenvalue weighted by Gasteiger charge is 2.31. The van der Waals surface area contributed by atoms with Crippen molar-refractivity contribution in [3.05, 3.63) is 77.1 Å². The first-order valence-corrected chi connectivity index (χ1v) is 12.5. The zero-order valence-electron chi connectivity index (χ0n) is 20.9. The topological polar surface area (TPSA) is 76.9 Å². The van der Waals surface area contributed by atoms with E-state index >= 15 is 0 Å². The van der Waals surface area contributed by atoms with Gasteiger partial charge in [-0.2, -0.15) is 5.10 Å². The molecule has 188 valence electrons. The number of benzene rings is 2. The number of amides is 2. The quantitative estimate of drug-likeness (QED) is 0.507. The van der Waals surface area contributed by atoms with E-state index in [1.807, 2.05) is 23.1 Å². The summed E-state index contributed by atoms with van der Waals surface area (Å²) < 4.78 is 12.4. The highest BCUT2D eigenvalue weighted by atomic mass is 16.5. The SMILES string of the molecule is COc1cc(CN2CCn3nc(C(=O)N4CCC(Cc5ccccc5)CC4)cc3C2=O)cc(OC)c1. The van der Waals surface area contributed by atoms with Crippen LogP contribution in [0.25, 0.3) is 0 Å². The van der Waals surface area contributed by atoms with E-state index < -0.39 is 0 Å². The molecule has 3 heterocycles. The monoisotopic (exact) mass is 488 g/mol. The maximum Gasteiger partial charge on any atom is 0.274 e. The predicted octanol–water partition coefficient (Wildman–Crippen LogP) is 3.65. The van der Waals surface area contributed by atoms with Gasteiger partial charge in [-0.05, 0) is 48.4 Å². The third kappa shape index (κ3) is 5.08. The number of likely N-dealkylation sites (tertiary alicyclic amines) is 1. The lowest BCUT2D eigenvalue weighted by Gasteiger charge is -2.31. The number of ether oxygens (including phenoxy) is 2. The van der Waals surface area contributed by atoms with Crippen LogP contribution in [-0.2, 0) is 19.5 Å². The first kappa shape index (κ1) is 23.9. The van der Waals surface area contributed by atoms with Crippen LogP contribution in [0.3, 0.4) is 0 Å². The molecular formula is C28H32N4O4. The van der Waals surface area contributed by atoms with Crippen molar-refractivity contribution in [3.63, 3.8) is 0 Å². The van der Waals surface area contributed by atoms with Gasteiger partial charge in [0.25, 0.3) is 11.8 Å². The van der Waals surface area contributed by atoms with Crippen molar-refractivity contribution in [2.75, 3.05) is 33.9 Å². The molecule has 5 rings (SSSR count). The van der Waals surface area contributed by atoms with Crippen molar-refractivity contribution in [1.82, 2.24) is 19.6 Å². The second kappa shape index (κ2) is 10.4. The summed E-state index contributed by atoms with van der Waals surface area (Å²) in [6, 6.07) is 17.8. The van der Waals surface area contributed by atoms with Crippen LogP contribution in [0, 0.1) is 5.92 Å². The van der Waals surface area contributed by atoms with Gasteiger partial charge in [0.05, 0.1) is 20.8 Å². The van der Waals surface area contributed by atoms with E-state index in [0.717, 1.165) is 37.9 Å². The van der Waals surface area contributed by atoms with Gasteiger partial charge in [-0.3, -0.25) is 14.3 Å². The van der Waals surface area contributed by atoms with Crippen LogP contribution in [0.1, 0.15) is 44.9 Å². The number of hydrogen-bond donors (Lipinski definition) is 0. The summed E-state index contributed by atoms with van der Waals surface area (Å²) in [5.74, 6) is 1.72. The Hall–Kier alpha value is -3.81. The van der Waals surface area contributed by atoms with Gasteiger partial charge in [0.15, 0.2) is 5.69 Å². The highest BCUT2D eigenvalue weighted by molar-refractivity contribution is 5.98. The van der Waals surface area contributed by atoms with Crippen molar-refractivity contribution in [2.24, 2.45) is 5.92 Å². The van der Waals surface area contributed by atoms with E-state index in [-0.39, 0.29) is 11.8 Å². The fourth-order valence-electron chi connectivity index (χ4n) is 5.12. The smallest absolute Gasteiger partial charge is 0.274 e. The Bertz CT molecular complexity index is 1210. The number of carbonyl (C=O) groups excluding carboxylic acids is 2. The molecule has 3 aromatic rings. The van der Waals surface area contributed by atoms with E-state index in [0.29, 0.717) is 48.4 Å². The molecule has 0 spiro atoms. The van der Waals surface area contributed by atoms with Crippen molar-refractivity contribution in [2.45, 2.75) is 32.4 Å². The summed E-state index contributed by atoms with van der Waals surface area (Å²) in [5, 5.41) is 4.50. The predicted molar refractivity (Wildman–Crippen MR) is 135 cm³/mol. The largest absolute Gasteiger partial charge is 0.497 e. The van der Waals surface area contributed by atoms with Crippen LogP contribution in [-0.4, -0.2) is 65.2 Å². The Morgan fingerprint density at radius 1 is 0.917 bits per heavy atom. The van der Waals surface area contributed by atoms with Gasteiger partial charge in [0.2, 0.25) is 0 Å². The summed E-state index contributed by atoms with van der Waals surface area (Å²) in [6.07, 6.45) is 3.00. The molecule has 0 aliphatic carbocycles. The van der Waals surface area contributed by atoms with E-state index in [1.54, 1.807) is 35.9 Å². The molecule has 8 heteroatoms. The number of carbonyl (C=O) groups is 2. The molecule has 0 saturated carbocycles. The number of methoxy groups -OCH3 is 2. The van der Waals surface area contributed by atoms with Gasteiger partial charge >= 0.3 is 0 Å². The minimum Gasteiger partial charge on any atom is -0.497 e. The zero-order valence-corrected chi connectivity index (χ0v) is 20.9. The van der Waals surface area contributed by atoms with E-state index in [1.165, 1.54) is 5.56 Å². The van der Waals surface area contributed by atoms with Crippen molar-refractivity contribution in [3.8, 4) is 11.5 Å². The Balaban J connectivity index is 1.22. The van der Waals surface area contributed by atoms with Crippen molar-refractivity contribution < 1.29 is 19.1 Å². The van der Waals surface area contributed by atoms with Crippen LogP contribution in [0.2, 0.25) is 0 Å². The lowest BCUT2D eigenvalue weighted by atomic mass is 9.90. The van der Waals surface area contributed by atoms with Gasteiger partial charge in [-0.15, -0.1) is 0 Å². The summed E-state index contributed by atoms with van der Waals surface area (Å²) in [5.41, 5.74) is 3.07. The van der Waals surface area contributed by atoms with Gasteiger partial charge in [-0.25, -0.2) is 0 Å². The molecule has 36 heavy (non-hydrogen) atoms. The Labute approximate surface area is 211 Å². The average molecular weight is 489 g/mol. The molecule has 0 atom stereocenters. The van der Waals surface area contributed by atoms with Crippen LogP contribution in [0.15, 0.2) is 54.6 Å². The first-order chi connectivity index (χ1) is 17.5. The van der Waals surface area contributed by atoms with Crippen molar-refractivity contribution in [1.29, 1.82) is 0 Å². The minimum atomic E-state index is -0.129. The molecule has 0 bridgehead atoms. The molecule has 2 amide bonds. The normalized spacial score (nSPS) is 16.1. The van der Waals surface area contributed by atoms with Crippen molar-refractivity contribution >= 4 is 11.8 Å². The molecule has 2 aliphatic heterocycles. The fraction of sp³-hybridized carbons (Fsp3) is 0.393. The van der Waals surface area contributed by atoms with Crippen LogP contribution in [0.5, 0.6) is 11.5 Å². The second-order valence-electron chi connectivity index (χ2n) is 9.51. The first-order valence-electron chi connectivity index (χ1n) is 12.5. The molecule has 0 radical (unpaired) electrons. The van der Waals surface area contributed by atoms with E-state index in [2.05, 4.69) is 29.4 Å². The Kier molecular flexibility index (Phi) is 6.93. The molecule has 0 N–H and O–H groups in total. The lowest BCUT2D eigenvalue weighted by molar-refractivity contribution is 0.0669. The third-order valence-corrected chi connectivity index (χ3v) is 7.14. The highest BCUT2D eigenvalue weighted by Crippen LogP contribution is 2.26. The summed E-state index contributed by atoms with van der Waals surface area (Å²) in [4.78, 5) is 30.1. The number of nitrogens with zero attached hydrogens (tertiary/aromatic N) is 4. The Morgan fingerprint density at radius 3 is 2.28 bits per heavy atom. The number of rotatable bonds is 7. The lowest BCUT2D eigenvalue weighted by Crippen LogP contribution is -2.40. The van der Waals surface area contributed by atoms with E-state index in [9.17, 15) is 9.59 Å². The molecule has 8 nitrogen and oxygen atoms in total. The Morgan fingerprint density at radius 2 is 1.61 bits per heavy atom. The fourth-order valence-corrected chi connectivity index (χ4v) is 5.12. The van der Waals surface area contributed by atoms with Crippen LogP contribution >= 0.6 is 0 Å². The van der Waals surface area contributed by atoms with Gasteiger partial charge in [-0.1, -0.05) is 30.3 Å². The molecular weight excluding hydrogens is 456 g/mol. The zero-order chi connectivity index (χ0) is 25.1. The summed E-state index contributed by atoms with van der Waals surface area (Å²) in [6.45, 7) is 2.93. The van der Waals surface area contributed by atoms with Gasteiger partial charge < -0.3 is 19.3 Å². The second-order valence-corrected chi connectivity index (χ2v) is 9.51. The number of piperidine rings is 1. The molecule has 1 fully saturated rings. The molecule has 1 aromatic heterocycles. The number of fused-ring (bicyclic) bond motifs is 1. The minimum absolute atomic E-state index is 0.0908. The van der Waals surface area contributed by atoms with E-state index in [4.69, 9.17) is 9.47 Å². The third-order valence-electron chi connectivity index (χ3n) is 7.14. The standard InChI is InChI=1S/C28H32N4O4/c1-35-23-15-22(16-24(17-23)36-2)19-31-12-13-32-26(28(31)34)18-25(29-32)27(33)30-10-8-21(9-11-30)14-20-6-4-3-5-7-20/h3-7,15-18,21H,8-14,19H2,1-2H3. The maximum atomic E-state index is 13.2. The van der Waals surface area contributed by atoms with Gasteiger partial charge in [0.1, 0.15) is 17.2 Å². The van der Waals surface area contributed by atoms with Gasteiger partial charge in [0, 0.05) is 38.3 Å². The number of aromatic nitrogens is 2. The average Bonchev–Trinajstić information content (AvgIpc) is 3.36. The summed E-state index contributed by atoms with van der Waals surface area (Å²) in [7, 11) is 3.21. The van der Waals surface area contributed by atoms with Crippen LogP contribution < -0.4 is 9.47 Å². The maximum absolute atomic E-state index is 13.2. The molecule has 2 aliphatic rings. The number of hydrogen-bond acceptors (Lipinski definition) is 5. The molecule has 1 saturated heterocycles. The van der Waals surface area contributed by atoms with Crippen LogP contribution in [0.4, 0.5) is 0 Å². The molecule has 0 unspecified atom stereocenters. The molecule has 2 aromatic carbocycles.